The number of imide groups is 1. The average Bonchev–Trinajstić information content (AvgIpc) is 3.28. The first-order chi connectivity index (χ1) is 15.2. The number of amides is 2. The number of H-pyrrole nitrogens is 1. The van der Waals surface area contributed by atoms with Crippen molar-refractivity contribution < 1.29 is 22.8 Å². The summed E-state index contributed by atoms with van der Waals surface area (Å²) in [4.78, 5) is 42.7. The highest BCUT2D eigenvalue weighted by molar-refractivity contribution is 7.89. The van der Waals surface area contributed by atoms with Crippen LogP contribution in [0.3, 0.4) is 0 Å². The summed E-state index contributed by atoms with van der Waals surface area (Å²) < 4.78 is 27.5. The van der Waals surface area contributed by atoms with E-state index in [1.807, 2.05) is 24.8 Å². The van der Waals surface area contributed by atoms with Crippen molar-refractivity contribution in [1.82, 2.24) is 14.2 Å². The van der Waals surface area contributed by atoms with Crippen LogP contribution < -0.4 is 4.90 Å². The number of rotatable bonds is 6. The van der Waals surface area contributed by atoms with Crippen molar-refractivity contribution >= 4 is 33.3 Å². The van der Waals surface area contributed by atoms with Crippen LogP contribution >= 0.6 is 0 Å². The molecule has 2 saturated heterocycles. The Bertz CT molecular complexity index is 1150. The number of nitrogens with one attached hydrogen (secondary N) is 1. The molecule has 10 heteroatoms. The first-order valence-electron chi connectivity index (χ1n) is 10.5. The number of aryl methyl sites for hydroxylation is 2. The molecule has 2 aromatic rings. The molecule has 2 aliphatic heterocycles. The van der Waals surface area contributed by atoms with Crippen LogP contribution in [0.4, 0.5) is 5.69 Å². The van der Waals surface area contributed by atoms with Gasteiger partial charge in [0.05, 0.1) is 17.1 Å². The molecular formula is C22H26N4O5S. The van der Waals surface area contributed by atoms with Gasteiger partial charge in [0, 0.05) is 56.0 Å². The first-order valence-corrected chi connectivity index (χ1v) is 12.0. The summed E-state index contributed by atoms with van der Waals surface area (Å²) in [6, 6.07) is 7.67. The molecule has 2 amide bonds. The van der Waals surface area contributed by atoms with E-state index in [4.69, 9.17) is 0 Å². The Kier molecular flexibility index (Phi) is 6.02. The fourth-order valence-electron chi connectivity index (χ4n) is 4.21. The molecule has 0 bridgehead atoms. The van der Waals surface area contributed by atoms with Gasteiger partial charge in [0.1, 0.15) is 0 Å². The van der Waals surface area contributed by atoms with Crippen LogP contribution in [0, 0.1) is 13.8 Å². The summed E-state index contributed by atoms with van der Waals surface area (Å²) in [5.41, 5.74) is 2.84. The van der Waals surface area contributed by atoms with Gasteiger partial charge < -0.3 is 4.98 Å². The lowest BCUT2D eigenvalue weighted by Crippen LogP contribution is -2.49. The summed E-state index contributed by atoms with van der Waals surface area (Å²) in [6.07, 6.45) is 0.351. The fourth-order valence-corrected chi connectivity index (χ4v) is 5.63. The molecule has 0 unspecified atom stereocenters. The summed E-state index contributed by atoms with van der Waals surface area (Å²) in [6.45, 7) is 5.51. The number of nitrogens with zero attached hydrogens (tertiary/aromatic N) is 3. The molecule has 0 aliphatic carbocycles. The van der Waals surface area contributed by atoms with E-state index in [1.165, 1.54) is 28.6 Å². The summed E-state index contributed by atoms with van der Waals surface area (Å²) in [5.74, 6) is -0.535. The molecule has 1 aromatic carbocycles. The Balaban J connectivity index is 1.38. The topological polar surface area (TPSA) is 111 Å². The summed E-state index contributed by atoms with van der Waals surface area (Å²) in [5, 5.41) is 0. The first kappa shape index (κ1) is 22.4. The molecule has 1 aromatic heterocycles. The standard InChI is InChI=1S/C22H26N4O5S/c1-15-13-19(16(2)23-15)20(27)14-24-9-11-25(12-10-24)32(30,31)18-5-3-17(4-6-18)26-21(28)7-8-22(26)29/h3-6,13,23H,7-12,14H2,1-2H3. The number of Topliss-reactive ketones (excluding diaryl/α,β-unsaturated/α-hetero) is 1. The maximum Gasteiger partial charge on any atom is 0.243 e. The average molecular weight is 459 g/mol. The maximum atomic E-state index is 13.0. The van der Waals surface area contributed by atoms with Gasteiger partial charge in [0.2, 0.25) is 21.8 Å². The van der Waals surface area contributed by atoms with Crippen molar-refractivity contribution in [2.75, 3.05) is 37.6 Å². The Morgan fingerprint density at radius 1 is 0.969 bits per heavy atom. The molecule has 32 heavy (non-hydrogen) atoms. The summed E-state index contributed by atoms with van der Waals surface area (Å²) in [7, 11) is -3.71. The number of carbonyl (C=O) groups excluding carboxylic acids is 3. The fraction of sp³-hybridized carbons (Fsp3) is 0.409. The van der Waals surface area contributed by atoms with Crippen LogP contribution in [0.2, 0.25) is 0 Å². The number of carbonyl (C=O) groups is 3. The van der Waals surface area contributed by atoms with E-state index in [0.29, 0.717) is 24.3 Å². The van der Waals surface area contributed by atoms with Gasteiger partial charge in [0.15, 0.2) is 5.78 Å². The van der Waals surface area contributed by atoms with Gasteiger partial charge in [0.25, 0.3) is 0 Å². The van der Waals surface area contributed by atoms with E-state index in [0.717, 1.165) is 16.3 Å². The zero-order valence-electron chi connectivity index (χ0n) is 18.1. The molecule has 3 heterocycles. The Labute approximate surface area is 187 Å². The van der Waals surface area contributed by atoms with E-state index < -0.39 is 10.0 Å². The zero-order chi connectivity index (χ0) is 23.0. The quantitative estimate of drug-likeness (QED) is 0.519. The molecule has 2 fully saturated rings. The van der Waals surface area contributed by atoms with Crippen molar-refractivity contribution in [3.05, 3.63) is 47.3 Å². The second kappa shape index (κ2) is 8.61. The largest absolute Gasteiger partial charge is 0.362 e. The van der Waals surface area contributed by atoms with E-state index in [-0.39, 0.29) is 55.0 Å². The zero-order valence-corrected chi connectivity index (χ0v) is 18.9. The molecule has 0 atom stereocenters. The molecule has 1 N–H and O–H groups in total. The van der Waals surface area contributed by atoms with Crippen LogP contribution in [0.25, 0.3) is 0 Å². The van der Waals surface area contributed by atoms with Gasteiger partial charge >= 0.3 is 0 Å². The van der Waals surface area contributed by atoms with Gasteiger partial charge in [-0.3, -0.25) is 24.2 Å². The van der Waals surface area contributed by atoms with Crippen molar-refractivity contribution in [3.63, 3.8) is 0 Å². The maximum absolute atomic E-state index is 13.0. The van der Waals surface area contributed by atoms with Gasteiger partial charge in [-0.2, -0.15) is 4.31 Å². The van der Waals surface area contributed by atoms with Crippen molar-refractivity contribution in [2.24, 2.45) is 0 Å². The number of anilines is 1. The van der Waals surface area contributed by atoms with Crippen molar-refractivity contribution in [1.29, 1.82) is 0 Å². The molecule has 170 valence electrons. The molecule has 0 spiro atoms. The second-order valence-corrected chi connectivity index (χ2v) is 10.1. The van der Waals surface area contributed by atoms with E-state index >= 15 is 0 Å². The lowest BCUT2D eigenvalue weighted by molar-refractivity contribution is -0.121. The molecule has 4 rings (SSSR count). The van der Waals surface area contributed by atoms with Crippen molar-refractivity contribution in [2.45, 2.75) is 31.6 Å². The number of benzene rings is 1. The highest BCUT2D eigenvalue weighted by atomic mass is 32.2. The molecule has 0 radical (unpaired) electrons. The van der Waals surface area contributed by atoms with Crippen LogP contribution in [-0.2, 0) is 19.6 Å². The predicted octanol–water partition coefficient (Wildman–Crippen LogP) is 1.47. The van der Waals surface area contributed by atoms with Gasteiger partial charge in [-0.05, 0) is 44.2 Å². The lowest BCUT2D eigenvalue weighted by atomic mass is 10.1. The number of hydrogen-bond donors (Lipinski definition) is 1. The van der Waals surface area contributed by atoms with Gasteiger partial charge in [-0.1, -0.05) is 0 Å². The molecule has 0 saturated carbocycles. The number of sulfonamides is 1. The van der Waals surface area contributed by atoms with Gasteiger partial charge in [-0.15, -0.1) is 0 Å². The number of aromatic nitrogens is 1. The van der Waals surface area contributed by atoms with E-state index in [2.05, 4.69) is 4.98 Å². The minimum atomic E-state index is -3.71. The third kappa shape index (κ3) is 4.25. The summed E-state index contributed by atoms with van der Waals surface area (Å²) >= 11 is 0. The SMILES string of the molecule is Cc1cc(C(=O)CN2CCN(S(=O)(=O)c3ccc(N4C(=O)CCC4=O)cc3)CC2)c(C)[nH]1. The lowest BCUT2D eigenvalue weighted by Gasteiger charge is -2.33. The Morgan fingerprint density at radius 2 is 1.56 bits per heavy atom. The number of ketones is 1. The molecule has 9 nitrogen and oxygen atoms in total. The van der Waals surface area contributed by atoms with Crippen LogP contribution in [0.5, 0.6) is 0 Å². The monoisotopic (exact) mass is 458 g/mol. The van der Waals surface area contributed by atoms with Crippen molar-refractivity contribution in [3.8, 4) is 0 Å². The smallest absolute Gasteiger partial charge is 0.243 e. The normalized spacial score (nSPS) is 18.5. The third-order valence-electron chi connectivity index (χ3n) is 5.93. The minimum Gasteiger partial charge on any atom is -0.362 e. The minimum absolute atomic E-state index is 0.0183. The molecule has 2 aliphatic rings. The van der Waals surface area contributed by atoms with Crippen LogP contribution in [0.1, 0.15) is 34.6 Å². The number of hydrogen-bond acceptors (Lipinski definition) is 6. The number of aromatic amines is 1. The third-order valence-corrected chi connectivity index (χ3v) is 7.85. The second-order valence-electron chi connectivity index (χ2n) is 8.21. The highest BCUT2D eigenvalue weighted by Crippen LogP contribution is 2.25. The Morgan fingerprint density at radius 3 is 2.09 bits per heavy atom. The Hall–Kier alpha value is -2.82. The predicted molar refractivity (Wildman–Crippen MR) is 118 cm³/mol. The van der Waals surface area contributed by atoms with E-state index in [9.17, 15) is 22.8 Å². The molecular weight excluding hydrogens is 432 g/mol. The number of piperazine rings is 1. The van der Waals surface area contributed by atoms with Crippen LogP contribution in [-0.4, -0.2) is 72.9 Å². The van der Waals surface area contributed by atoms with Gasteiger partial charge in [-0.25, -0.2) is 8.42 Å². The highest BCUT2D eigenvalue weighted by Gasteiger charge is 2.32. The van der Waals surface area contributed by atoms with Crippen LogP contribution in [0.15, 0.2) is 35.2 Å². The van der Waals surface area contributed by atoms with E-state index in [1.54, 1.807) is 0 Å².